The molecule has 3 heteroatoms. The Morgan fingerprint density at radius 3 is 2.50 bits per heavy atom. The van der Waals surface area contributed by atoms with Gasteiger partial charge in [-0.15, -0.1) is 0 Å². The fourth-order valence-corrected chi connectivity index (χ4v) is 1.46. The summed E-state index contributed by atoms with van der Waals surface area (Å²) in [7, 11) is 0. The molecule has 76 valence electrons. The Labute approximate surface area is 83.7 Å². The smallest absolute Gasteiger partial charge is 0.119 e. The predicted molar refractivity (Wildman–Crippen MR) is 53.3 cm³/mol. The van der Waals surface area contributed by atoms with Crippen LogP contribution < -0.4 is 10.2 Å². The number of nitrogens with one attached hydrogen (secondary N) is 1. The number of hydroxylamine groups is 1. The first-order valence-electron chi connectivity index (χ1n) is 5.01. The molecule has 0 radical (unpaired) electrons. The maximum absolute atomic E-state index is 8.50. The summed E-state index contributed by atoms with van der Waals surface area (Å²) in [5, 5.41) is 8.50. The van der Waals surface area contributed by atoms with Crippen LogP contribution in [0.25, 0.3) is 0 Å². The standard InChI is InChI=1S/C11H15NO2/c13-12-8-9-4-6-11(7-5-9)14-10-2-1-3-10/h4-7,10,12-13H,1-3,8H2. The highest BCUT2D eigenvalue weighted by Gasteiger charge is 2.18. The van der Waals surface area contributed by atoms with Crippen molar-refractivity contribution >= 4 is 0 Å². The Kier molecular flexibility index (Phi) is 3.01. The molecular weight excluding hydrogens is 178 g/mol. The highest BCUT2D eigenvalue weighted by molar-refractivity contribution is 5.27. The average molecular weight is 193 g/mol. The van der Waals surface area contributed by atoms with Crippen LogP contribution in [0.2, 0.25) is 0 Å². The van der Waals surface area contributed by atoms with Gasteiger partial charge in [0.15, 0.2) is 0 Å². The van der Waals surface area contributed by atoms with E-state index >= 15 is 0 Å². The van der Waals surface area contributed by atoms with Gasteiger partial charge in [-0.3, -0.25) is 0 Å². The van der Waals surface area contributed by atoms with Gasteiger partial charge >= 0.3 is 0 Å². The minimum Gasteiger partial charge on any atom is -0.490 e. The number of hydrogen-bond acceptors (Lipinski definition) is 3. The SMILES string of the molecule is ONCc1ccc(OC2CCC2)cc1. The zero-order chi connectivity index (χ0) is 9.80. The van der Waals surface area contributed by atoms with Gasteiger partial charge in [-0.25, -0.2) is 5.48 Å². The monoisotopic (exact) mass is 193 g/mol. The highest BCUT2D eigenvalue weighted by atomic mass is 16.5. The highest BCUT2D eigenvalue weighted by Crippen LogP contribution is 2.25. The van der Waals surface area contributed by atoms with Gasteiger partial charge in [0.1, 0.15) is 5.75 Å². The molecule has 1 aromatic carbocycles. The second-order valence-electron chi connectivity index (χ2n) is 3.65. The van der Waals surface area contributed by atoms with Gasteiger partial charge in [0, 0.05) is 6.54 Å². The lowest BCUT2D eigenvalue weighted by Crippen LogP contribution is -2.24. The topological polar surface area (TPSA) is 41.5 Å². The molecule has 1 fully saturated rings. The second-order valence-corrected chi connectivity index (χ2v) is 3.65. The Morgan fingerprint density at radius 2 is 2.00 bits per heavy atom. The first-order valence-corrected chi connectivity index (χ1v) is 5.01. The van der Waals surface area contributed by atoms with E-state index in [1.54, 1.807) is 0 Å². The van der Waals surface area contributed by atoms with E-state index in [0.29, 0.717) is 12.6 Å². The molecule has 1 aliphatic carbocycles. The minimum atomic E-state index is 0.428. The van der Waals surface area contributed by atoms with Crippen LogP contribution in [0, 0.1) is 0 Å². The van der Waals surface area contributed by atoms with Gasteiger partial charge in [0.2, 0.25) is 0 Å². The van der Waals surface area contributed by atoms with Gasteiger partial charge in [-0.2, -0.15) is 0 Å². The molecule has 0 saturated heterocycles. The first-order chi connectivity index (χ1) is 6.88. The zero-order valence-corrected chi connectivity index (χ0v) is 8.07. The summed E-state index contributed by atoms with van der Waals surface area (Å²) >= 11 is 0. The predicted octanol–water partition coefficient (Wildman–Crippen LogP) is 2.10. The lowest BCUT2D eigenvalue weighted by Gasteiger charge is -2.26. The molecule has 0 aliphatic heterocycles. The lowest BCUT2D eigenvalue weighted by atomic mass is 9.96. The summed E-state index contributed by atoms with van der Waals surface area (Å²) in [4.78, 5) is 0. The van der Waals surface area contributed by atoms with Crippen molar-refractivity contribution in [3.63, 3.8) is 0 Å². The van der Waals surface area contributed by atoms with Gasteiger partial charge in [0.05, 0.1) is 6.10 Å². The molecular formula is C11H15NO2. The van der Waals surface area contributed by atoms with Crippen molar-refractivity contribution in [2.24, 2.45) is 0 Å². The van der Waals surface area contributed by atoms with Crippen molar-refractivity contribution in [1.29, 1.82) is 0 Å². The summed E-state index contributed by atoms with van der Waals surface area (Å²) in [6.07, 6.45) is 4.08. The summed E-state index contributed by atoms with van der Waals surface area (Å²) in [6, 6.07) is 7.81. The van der Waals surface area contributed by atoms with Gasteiger partial charge < -0.3 is 9.94 Å². The van der Waals surface area contributed by atoms with Crippen molar-refractivity contribution in [2.75, 3.05) is 0 Å². The van der Waals surface area contributed by atoms with Crippen LogP contribution in [0.3, 0.4) is 0 Å². The van der Waals surface area contributed by atoms with E-state index in [-0.39, 0.29) is 0 Å². The van der Waals surface area contributed by atoms with E-state index in [1.165, 1.54) is 19.3 Å². The van der Waals surface area contributed by atoms with Crippen LogP contribution in [-0.2, 0) is 6.54 Å². The maximum Gasteiger partial charge on any atom is 0.119 e. The quantitative estimate of drug-likeness (QED) is 0.719. The molecule has 1 aliphatic rings. The largest absolute Gasteiger partial charge is 0.490 e. The fraction of sp³-hybridized carbons (Fsp3) is 0.455. The van der Waals surface area contributed by atoms with Crippen LogP contribution >= 0.6 is 0 Å². The molecule has 3 nitrogen and oxygen atoms in total. The average Bonchev–Trinajstić information content (AvgIpc) is 2.14. The molecule has 0 spiro atoms. The molecule has 0 bridgehead atoms. The van der Waals surface area contributed by atoms with Crippen molar-refractivity contribution in [3.05, 3.63) is 29.8 Å². The minimum absolute atomic E-state index is 0.428. The third kappa shape index (κ3) is 2.25. The third-order valence-corrected chi connectivity index (χ3v) is 2.56. The molecule has 1 aromatic rings. The normalized spacial score (nSPS) is 16.4. The van der Waals surface area contributed by atoms with Crippen LogP contribution in [0.1, 0.15) is 24.8 Å². The second kappa shape index (κ2) is 4.44. The van der Waals surface area contributed by atoms with E-state index in [2.05, 4.69) is 5.48 Å². The summed E-state index contributed by atoms with van der Waals surface area (Å²) < 4.78 is 5.70. The lowest BCUT2D eigenvalue weighted by molar-refractivity contribution is 0.120. The van der Waals surface area contributed by atoms with Crippen LogP contribution in [0.4, 0.5) is 0 Å². The van der Waals surface area contributed by atoms with E-state index in [4.69, 9.17) is 9.94 Å². The van der Waals surface area contributed by atoms with Crippen molar-refractivity contribution < 1.29 is 9.94 Å². The Morgan fingerprint density at radius 1 is 1.29 bits per heavy atom. The van der Waals surface area contributed by atoms with Crippen molar-refractivity contribution in [1.82, 2.24) is 5.48 Å². The number of benzene rings is 1. The number of ether oxygens (including phenoxy) is 1. The number of hydrogen-bond donors (Lipinski definition) is 2. The zero-order valence-electron chi connectivity index (χ0n) is 8.07. The fourth-order valence-electron chi connectivity index (χ4n) is 1.46. The van der Waals surface area contributed by atoms with Crippen LogP contribution in [0.5, 0.6) is 5.75 Å². The van der Waals surface area contributed by atoms with E-state index in [0.717, 1.165) is 11.3 Å². The van der Waals surface area contributed by atoms with Crippen molar-refractivity contribution in [2.45, 2.75) is 31.9 Å². The molecule has 0 amide bonds. The molecule has 0 unspecified atom stereocenters. The Hall–Kier alpha value is -1.06. The Balaban J connectivity index is 1.91. The molecule has 0 atom stereocenters. The van der Waals surface area contributed by atoms with Crippen molar-refractivity contribution in [3.8, 4) is 5.75 Å². The molecule has 2 rings (SSSR count). The summed E-state index contributed by atoms with van der Waals surface area (Å²) in [5.74, 6) is 0.927. The number of rotatable bonds is 4. The molecule has 1 saturated carbocycles. The summed E-state index contributed by atoms with van der Waals surface area (Å²) in [6.45, 7) is 0.476. The first kappa shape index (κ1) is 9.49. The van der Waals surface area contributed by atoms with Gasteiger partial charge in [-0.05, 0) is 37.0 Å². The van der Waals surface area contributed by atoms with Gasteiger partial charge in [-0.1, -0.05) is 12.1 Å². The molecule has 0 heterocycles. The van der Waals surface area contributed by atoms with E-state index in [9.17, 15) is 0 Å². The molecule has 2 N–H and O–H groups in total. The Bertz CT molecular complexity index is 280. The molecule has 0 aromatic heterocycles. The third-order valence-electron chi connectivity index (χ3n) is 2.56. The maximum atomic E-state index is 8.50. The van der Waals surface area contributed by atoms with E-state index in [1.807, 2.05) is 24.3 Å². The van der Waals surface area contributed by atoms with Crippen LogP contribution in [-0.4, -0.2) is 11.3 Å². The van der Waals surface area contributed by atoms with Crippen LogP contribution in [0.15, 0.2) is 24.3 Å². The molecule has 14 heavy (non-hydrogen) atoms. The summed E-state index contributed by atoms with van der Waals surface area (Å²) in [5.41, 5.74) is 3.18. The van der Waals surface area contributed by atoms with Gasteiger partial charge in [0.25, 0.3) is 0 Å². The van der Waals surface area contributed by atoms with E-state index < -0.39 is 0 Å².